The summed E-state index contributed by atoms with van der Waals surface area (Å²) in [6.45, 7) is 0. The van der Waals surface area contributed by atoms with Crippen LogP contribution in [0.5, 0.6) is 0 Å². The van der Waals surface area contributed by atoms with Gasteiger partial charge in [0.2, 0.25) is 0 Å². The maximum atomic E-state index is 11.9. The van der Waals surface area contributed by atoms with Crippen molar-refractivity contribution in [3.8, 4) is 0 Å². The third kappa shape index (κ3) is 7.86. The van der Waals surface area contributed by atoms with Gasteiger partial charge in [-0.15, -0.1) is 0 Å². The van der Waals surface area contributed by atoms with Crippen molar-refractivity contribution in [1.82, 2.24) is 0 Å². The second-order valence-electron chi connectivity index (χ2n) is 7.36. The number of Topliss-reactive ketones (excluding diaryl/α,β-unsaturated/α-hetero) is 1. The quantitative estimate of drug-likeness (QED) is 0.250. The molecule has 0 heterocycles. The Hall–Kier alpha value is -2.53. The Labute approximate surface area is 206 Å². The average molecular weight is 552 g/mol. The van der Waals surface area contributed by atoms with Crippen molar-refractivity contribution in [1.29, 1.82) is 0 Å². The van der Waals surface area contributed by atoms with Crippen molar-refractivity contribution in [3.63, 3.8) is 0 Å². The molecule has 1 N–H and O–H groups in total. The Morgan fingerprint density at radius 1 is 0.688 bits per heavy atom. The van der Waals surface area contributed by atoms with Gasteiger partial charge < -0.3 is 5.11 Å². The van der Waals surface area contributed by atoms with E-state index in [1.54, 1.807) is 0 Å². The molecular formula is C28H24Br2O2. The van der Waals surface area contributed by atoms with Gasteiger partial charge in [0.25, 0.3) is 0 Å². The minimum Gasteiger partial charge on any atom is -0.388 e. The van der Waals surface area contributed by atoms with Crippen molar-refractivity contribution in [2.24, 2.45) is 0 Å². The van der Waals surface area contributed by atoms with Crippen LogP contribution in [0.2, 0.25) is 0 Å². The fourth-order valence-electron chi connectivity index (χ4n) is 3.21. The molecule has 0 saturated carbocycles. The van der Waals surface area contributed by atoms with Crippen molar-refractivity contribution >= 4 is 37.6 Å². The molecule has 1 atom stereocenters. The van der Waals surface area contributed by atoms with Crippen LogP contribution < -0.4 is 0 Å². The summed E-state index contributed by atoms with van der Waals surface area (Å²) in [7, 11) is 0. The number of halogens is 2. The van der Waals surface area contributed by atoms with E-state index in [4.69, 9.17) is 0 Å². The Morgan fingerprint density at radius 3 is 1.84 bits per heavy atom. The number of carbonyl (C=O) groups excluding carboxylic acids is 1. The van der Waals surface area contributed by atoms with Gasteiger partial charge in [0.05, 0.1) is 6.10 Å². The number of aliphatic hydroxyl groups is 1. The summed E-state index contributed by atoms with van der Waals surface area (Å²) in [5, 5.41) is 10.1. The molecule has 0 aliphatic rings. The number of carbonyl (C=O) groups is 1. The molecule has 4 aromatic rings. The van der Waals surface area contributed by atoms with Crippen molar-refractivity contribution in [2.75, 3.05) is 0 Å². The zero-order valence-corrected chi connectivity index (χ0v) is 20.7. The lowest BCUT2D eigenvalue weighted by Gasteiger charge is -2.11. The third-order valence-electron chi connectivity index (χ3n) is 4.86. The standard InChI is InChI=1S/C14H13BrO.C14H11BrO/c2*15-13-8-4-7-12(10-13)14(16)9-11-5-2-1-3-6-11/h1-8,10,14,16H,9H2;1-8,10H,9H2. The van der Waals surface area contributed by atoms with Crippen LogP contribution in [-0.4, -0.2) is 10.9 Å². The van der Waals surface area contributed by atoms with E-state index in [1.165, 1.54) is 0 Å². The van der Waals surface area contributed by atoms with Gasteiger partial charge in [0, 0.05) is 27.4 Å². The molecule has 0 aliphatic heterocycles. The van der Waals surface area contributed by atoms with Gasteiger partial charge in [-0.3, -0.25) is 4.79 Å². The van der Waals surface area contributed by atoms with E-state index in [9.17, 15) is 9.90 Å². The van der Waals surface area contributed by atoms with Crippen LogP contribution in [0.1, 0.15) is 33.2 Å². The molecule has 0 bridgehead atoms. The molecule has 0 aromatic heterocycles. The Kier molecular flexibility index (Phi) is 9.42. The van der Waals surface area contributed by atoms with Gasteiger partial charge in [-0.05, 0) is 41.0 Å². The second kappa shape index (κ2) is 12.5. The molecule has 162 valence electrons. The molecule has 0 radical (unpaired) electrons. The predicted octanol–water partition coefficient (Wildman–Crippen LogP) is 7.60. The minimum absolute atomic E-state index is 0.146. The predicted molar refractivity (Wildman–Crippen MR) is 138 cm³/mol. The van der Waals surface area contributed by atoms with E-state index < -0.39 is 6.10 Å². The maximum absolute atomic E-state index is 11.9. The first-order valence-corrected chi connectivity index (χ1v) is 11.9. The van der Waals surface area contributed by atoms with Crippen LogP contribution in [0.4, 0.5) is 0 Å². The summed E-state index contributed by atoms with van der Waals surface area (Å²) in [5.74, 6) is 0.146. The van der Waals surface area contributed by atoms with Gasteiger partial charge >= 0.3 is 0 Å². The molecule has 0 spiro atoms. The van der Waals surface area contributed by atoms with Gasteiger partial charge in [0.1, 0.15) is 0 Å². The smallest absolute Gasteiger partial charge is 0.167 e. The van der Waals surface area contributed by atoms with Gasteiger partial charge in [0.15, 0.2) is 5.78 Å². The number of benzene rings is 4. The highest BCUT2D eigenvalue weighted by Crippen LogP contribution is 2.21. The molecule has 4 rings (SSSR count). The zero-order valence-electron chi connectivity index (χ0n) is 17.5. The summed E-state index contributed by atoms with van der Waals surface area (Å²) in [6.07, 6.45) is 0.661. The first-order valence-electron chi connectivity index (χ1n) is 10.3. The Balaban J connectivity index is 0.000000181. The number of aliphatic hydroxyl groups excluding tert-OH is 1. The van der Waals surface area contributed by atoms with E-state index in [0.717, 1.165) is 31.2 Å². The lowest BCUT2D eigenvalue weighted by atomic mass is 10.0. The van der Waals surface area contributed by atoms with Crippen LogP contribution in [0.3, 0.4) is 0 Å². The van der Waals surface area contributed by atoms with Crippen LogP contribution in [0.15, 0.2) is 118 Å². The summed E-state index contributed by atoms with van der Waals surface area (Å²) in [5.41, 5.74) is 3.89. The Bertz CT molecular complexity index is 1130. The molecule has 0 fully saturated rings. The molecule has 1 unspecified atom stereocenters. The molecule has 4 aromatic carbocycles. The van der Waals surface area contributed by atoms with E-state index in [-0.39, 0.29) is 5.78 Å². The first-order chi connectivity index (χ1) is 15.5. The highest BCUT2D eigenvalue weighted by molar-refractivity contribution is 9.10. The number of hydrogen-bond acceptors (Lipinski definition) is 2. The third-order valence-corrected chi connectivity index (χ3v) is 5.85. The van der Waals surface area contributed by atoms with E-state index in [1.807, 2.05) is 109 Å². The molecule has 4 heteroatoms. The van der Waals surface area contributed by atoms with Crippen molar-refractivity contribution < 1.29 is 9.90 Å². The lowest BCUT2D eigenvalue weighted by Crippen LogP contribution is -2.03. The van der Waals surface area contributed by atoms with E-state index in [0.29, 0.717) is 12.8 Å². The molecule has 0 saturated heterocycles. The number of hydrogen-bond donors (Lipinski definition) is 1. The lowest BCUT2D eigenvalue weighted by molar-refractivity contribution is 0.0993. The summed E-state index contributed by atoms with van der Waals surface area (Å²) >= 11 is 6.77. The van der Waals surface area contributed by atoms with Crippen LogP contribution in [-0.2, 0) is 12.8 Å². The van der Waals surface area contributed by atoms with Gasteiger partial charge in [-0.25, -0.2) is 0 Å². The minimum atomic E-state index is -0.445. The Morgan fingerprint density at radius 2 is 1.25 bits per heavy atom. The van der Waals surface area contributed by atoms with Crippen molar-refractivity contribution in [3.05, 3.63) is 140 Å². The molecule has 0 amide bonds. The summed E-state index contributed by atoms with van der Waals surface area (Å²) in [4.78, 5) is 11.9. The molecule has 32 heavy (non-hydrogen) atoms. The SMILES string of the molecule is O=C(Cc1ccccc1)c1cccc(Br)c1.OC(Cc1ccccc1)c1cccc(Br)c1. The summed E-state index contributed by atoms with van der Waals surface area (Å²) < 4.78 is 1.93. The number of rotatable bonds is 6. The van der Waals surface area contributed by atoms with Crippen LogP contribution in [0, 0.1) is 0 Å². The van der Waals surface area contributed by atoms with Gasteiger partial charge in [-0.2, -0.15) is 0 Å². The monoisotopic (exact) mass is 550 g/mol. The maximum Gasteiger partial charge on any atom is 0.167 e. The second-order valence-corrected chi connectivity index (χ2v) is 9.19. The van der Waals surface area contributed by atoms with Crippen LogP contribution in [0.25, 0.3) is 0 Å². The fourth-order valence-corrected chi connectivity index (χ4v) is 4.03. The number of ketones is 1. The van der Waals surface area contributed by atoms with E-state index >= 15 is 0 Å². The topological polar surface area (TPSA) is 37.3 Å². The summed E-state index contributed by atoms with van der Waals surface area (Å²) in [6, 6.07) is 35.1. The first kappa shape index (κ1) is 24.1. The van der Waals surface area contributed by atoms with Crippen molar-refractivity contribution in [2.45, 2.75) is 18.9 Å². The van der Waals surface area contributed by atoms with E-state index in [2.05, 4.69) is 31.9 Å². The molecule has 0 aliphatic carbocycles. The zero-order chi connectivity index (χ0) is 22.8. The molecule has 2 nitrogen and oxygen atoms in total. The normalized spacial score (nSPS) is 11.2. The van der Waals surface area contributed by atoms with Crippen LogP contribution >= 0.6 is 31.9 Å². The largest absolute Gasteiger partial charge is 0.388 e. The molecular weight excluding hydrogens is 528 g/mol. The fraction of sp³-hybridized carbons (Fsp3) is 0.107. The van der Waals surface area contributed by atoms with Gasteiger partial charge in [-0.1, -0.05) is 117 Å². The average Bonchev–Trinajstić information content (AvgIpc) is 2.81. The highest BCUT2D eigenvalue weighted by atomic mass is 79.9. The highest BCUT2D eigenvalue weighted by Gasteiger charge is 2.08.